The van der Waals surface area contributed by atoms with Crippen LogP contribution in [-0.4, -0.2) is 31.9 Å². The molecular weight excluding hydrogens is 238 g/mol. The monoisotopic (exact) mass is 253 g/mol. The lowest BCUT2D eigenvalue weighted by molar-refractivity contribution is -0.154. The van der Waals surface area contributed by atoms with Crippen LogP contribution in [0.25, 0.3) is 0 Å². The first-order valence-corrected chi connectivity index (χ1v) is 5.45. The summed E-state index contributed by atoms with van der Waals surface area (Å²) < 4.78 is 1.73. The maximum atomic E-state index is 10.6. The van der Waals surface area contributed by atoms with Crippen molar-refractivity contribution in [1.29, 1.82) is 0 Å². The number of anilines is 1. The molecule has 0 radical (unpaired) electrons. The Kier molecular flexibility index (Phi) is 4.91. The highest BCUT2D eigenvalue weighted by atomic mass is 16.4. The maximum Gasteiger partial charge on any atom is 0.318 e. The van der Waals surface area contributed by atoms with Gasteiger partial charge in [-0.2, -0.15) is 5.10 Å². The van der Waals surface area contributed by atoms with Gasteiger partial charge in [0.2, 0.25) is 0 Å². The predicted molar refractivity (Wildman–Crippen MR) is 64.0 cm³/mol. The molecule has 0 fully saturated rings. The summed E-state index contributed by atoms with van der Waals surface area (Å²) in [6, 6.07) is 1.76. The van der Waals surface area contributed by atoms with Gasteiger partial charge in [-0.15, -0.1) is 0 Å². The first kappa shape index (κ1) is 13.8. The van der Waals surface area contributed by atoms with Crippen LogP contribution in [0.2, 0.25) is 0 Å². The Labute approximate surface area is 104 Å². The predicted octanol–water partition coefficient (Wildman–Crippen LogP) is 1.00. The Balaban J connectivity index is 2.45. The summed E-state index contributed by atoms with van der Waals surface area (Å²) >= 11 is 0. The third-order valence-corrected chi connectivity index (χ3v) is 2.28. The van der Waals surface area contributed by atoms with Crippen molar-refractivity contribution in [3.63, 3.8) is 0 Å². The molecule has 1 heterocycles. The Morgan fingerprint density at radius 3 is 2.67 bits per heavy atom. The highest BCUT2D eigenvalue weighted by Gasteiger charge is 2.23. The molecule has 98 valence electrons. The topological polar surface area (TPSA) is 104 Å². The van der Waals surface area contributed by atoms with Crippen molar-refractivity contribution >= 4 is 17.8 Å². The van der Waals surface area contributed by atoms with Gasteiger partial charge in [0.1, 0.15) is 0 Å². The van der Waals surface area contributed by atoms with E-state index < -0.39 is 17.9 Å². The van der Waals surface area contributed by atoms with E-state index in [9.17, 15) is 9.59 Å². The highest BCUT2D eigenvalue weighted by molar-refractivity contribution is 5.92. The lowest BCUT2D eigenvalue weighted by atomic mass is 10.1. The fraction of sp³-hybridized carbons (Fsp3) is 0.364. The molecule has 7 nitrogen and oxygen atoms in total. The minimum absolute atomic E-state index is 0.0772. The van der Waals surface area contributed by atoms with E-state index in [2.05, 4.69) is 10.4 Å². The number of carbonyl (C=O) groups is 2. The highest BCUT2D eigenvalue weighted by Crippen LogP contribution is 2.06. The van der Waals surface area contributed by atoms with E-state index in [1.165, 1.54) is 12.3 Å². The number of nitrogens with zero attached hydrogens (tertiary/aromatic N) is 2. The number of allylic oxidation sites excluding steroid dienone is 1. The van der Waals surface area contributed by atoms with Crippen LogP contribution in [0.1, 0.15) is 13.3 Å². The summed E-state index contributed by atoms with van der Waals surface area (Å²) in [5.41, 5.74) is 0. The molecule has 3 N–H and O–H groups in total. The van der Waals surface area contributed by atoms with Crippen LogP contribution in [0.3, 0.4) is 0 Å². The molecule has 1 aromatic heterocycles. The SMILES string of the molecule is CCn1ccc(NC=CCC(C(=O)O)C(=O)O)n1. The number of hydrogen-bond acceptors (Lipinski definition) is 4. The molecule has 0 saturated heterocycles. The largest absolute Gasteiger partial charge is 0.481 e. The second-order valence-electron chi connectivity index (χ2n) is 3.57. The van der Waals surface area contributed by atoms with Crippen molar-refractivity contribution in [2.75, 3.05) is 5.32 Å². The molecule has 0 aromatic carbocycles. The number of aliphatic carboxylic acids is 2. The van der Waals surface area contributed by atoms with Crippen LogP contribution in [0.4, 0.5) is 5.82 Å². The molecule has 0 aliphatic heterocycles. The van der Waals surface area contributed by atoms with Gasteiger partial charge in [-0.25, -0.2) is 0 Å². The van der Waals surface area contributed by atoms with Gasteiger partial charge in [-0.1, -0.05) is 6.08 Å². The second kappa shape index (κ2) is 6.43. The maximum absolute atomic E-state index is 10.6. The molecule has 0 aliphatic carbocycles. The zero-order chi connectivity index (χ0) is 13.5. The molecule has 18 heavy (non-hydrogen) atoms. The van der Waals surface area contributed by atoms with Gasteiger partial charge in [-0.05, 0) is 19.5 Å². The first-order chi connectivity index (χ1) is 8.54. The van der Waals surface area contributed by atoms with Crippen molar-refractivity contribution in [2.24, 2.45) is 5.92 Å². The van der Waals surface area contributed by atoms with Gasteiger partial charge in [0.25, 0.3) is 0 Å². The smallest absolute Gasteiger partial charge is 0.318 e. The molecular formula is C11H15N3O4. The normalized spacial score (nSPS) is 11.0. The van der Waals surface area contributed by atoms with E-state index in [-0.39, 0.29) is 6.42 Å². The summed E-state index contributed by atoms with van der Waals surface area (Å²) in [5.74, 6) is -3.49. The minimum atomic E-state index is -1.42. The zero-order valence-corrected chi connectivity index (χ0v) is 9.91. The number of aryl methyl sites for hydroxylation is 1. The van der Waals surface area contributed by atoms with Crippen molar-refractivity contribution < 1.29 is 19.8 Å². The Bertz CT molecular complexity index is 439. The standard InChI is InChI=1S/C11H15N3O4/c1-2-14-7-5-9(13-14)12-6-3-4-8(10(15)16)11(17)18/h3,5-8H,2,4H2,1H3,(H,12,13)(H,15,16)(H,17,18). The van der Waals surface area contributed by atoms with Crippen LogP contribution < -0.4 is 5.32 Å². The molecule has 0 unspecified atom stereocenters. The average Bonchev–Trinajstić information content (AvgIpc) is 2.75. The van der Waals surface area contributed by atoms with Crippen LogP contribution >= 0.6 is 0 Å². The molecule has 0 spiro atoms. The fourth-order valence-electron chi connectivity index (χ4n) is 1.27. The molecule has 0 aliphatic rings. The van der Waals surface area contributed by atoms with E-state index in [4.69, 9.17) is 10.2 Å². The summed E-state index contributed by atoms with van der Waals surface area (Å²) in [7, 11) is 0. The molecule has 0 atom stereocenters. The number of rotatable bonds is 7. The fourth-order valence-corrected chi connectivity index (χ4v) is 1.27. The number of aromatic nitrogens is 2. The summed E-state index contributed by atoms with van der Waals surface area (Å²) in [6.07, 6.45) is 4.67. The molecule has 7 heteroatoms. The number of nitrogens with one attached hydrogen (secondary N) is 1. The Hall–Kier alpha value is -2.31. The van der Waals surface area contributed by atoms with Crippen LogP contribution in [0, 0.1) is 5.92 Å². The van der Waals surface area contributed by atoms with Crippen molar-refractivity contribution in [3.05, 3.63) is 24.5 Å². The first-order valence-electron chi connectivity index (χ1n) is 5.45. The average molecular weight is 253 g/mol. The van der Waals surface area contributed by atoms with E-state index in [0.717, 1.165) is 6.54 Å². The summed E-state index contributed by atoms with van der Waals surface area (Å²) in [4.78, 5) is 21.2. The van der Waals surface area contributed by atoms with Crippen molar-refractivity contribution in [1.82, 2.24) is 9.78 Å². The number of hydrogen-bond donors (Lipinski definition) is 3. The molecule has 1 aromatic rings. The van der Waals surface area contributed by atoms with E-state index >= 15 is 0 Å². The molecule has 0 amide bonds. The molecule has 0 bridgehead atoms. The van der Waals surface area contributed by atoms with Gasteiger partial charge in [-0.3, -0.25) is 14.3 Å². The van der Waals surface area contributed by atoms with E-state index in [1.54, 1.807) is 16.9 Å². The minimum Gasteiger partial charge on any atom is -0.481 e. The third-order valence-electron chi connectivity index (χ3n) is 2.28. The van der Waals surface area contributed by atoms with Gasteiger partial charge >= 0.3 is 11.9 Å². The van der Waals surface area contributed by atoms with Crippen LogP contribution in [0.15, 0.2) is 24.5 Å². The Morgan fingerprint density at radius 2 is 2.17 bits per heavy atom. The van der Waals surface area contributed by atoms with Gasteiger partial charge in [0, 0.05) is 18.8 Å². The third kappa shape index (κ3) is 3.93. The van der Waals surface area contributed by atoms with E-state index in [1.807, 2.05) is 6.92 Å². The number of carboxylic acids is 2. The second-order valence-corrected chi connectivity index (χ2v) is 3.57. The quantitative estimate of drug-likeness (QED) is 0.626. The Morgan fingerprint density at radius 1 is 1.50 bits per heavy atom. The van der Waals surface area contributed by atoms with E-state index in [0.29, 0.717) is 5.82 Å². The van der Waals surface area contributed by atoms with Crippen molar-refractivity contribution in [3.8, 4) is 0 Å². The van der Waals surface area contributed by atoms with Crippen LogP contribution in [-0.2, 0) is 16.1 Å². The number of carboxylic acid groups (broad SMARTS) is 2. The lowest BCUT2D eigenvalue weighted by Crippen LogP contribution is -2.22. The van der Waals surface area contributed by atoms with Crippen LogP contribution in [0.5, 0.6) is 0 Å². The van der Waals surface area contributed by atoms with Gasteiger partial charge in [0.15, 0.2) is 11.7 Å². The lowest BCUT2D eigenvalue weighted by Gasteiger charge is -2.02. The molecule has 0 saturated carbocycles. The summed E-state index contributed by atoms with van der Waals surface area (Å²) in [5, 5.41) is 24.3. The zero-order valence-electron chi connectivity index (χ0n) is 9.91. The van der Waals surface area contributed by atoms with Crippen molar-refractivity contribution in [2.45, 2.75) is 19.9 Å². The molecule has 1 rings (SSSR count). The van der Waals surface area contributed by atoms with Gasteiger partial charge in [0.05, 0.1) is 0 Å². The van der Waals surface area contributed by atoms with Gasteiger partial charge < -0.3 is 15.5 Å². The summed E-state index contributed by atoms with van der Waals surface area (Å²) in [6.45, 7) is 2.71.